The van der Waals surface area contributed by atoms with Gasteiger partial charge in [-0.1, -0.05) is 0 Å². The summed E-state index contributed by atoms with van der Waals surface area (Å²) in [6, 6.07) is 5.07. The summed E-state index contributed by atoms with van der Waals surface area (Å²) >= 11 is 0. The molecule has 1 aliphatic rings. The van der Waals surface area contributed by atoms with Gasteiger partial charge in [0.15, 0.2) is 11.5 Å². The Morgan fingerprint density at radius 3 is 2.65 bits per heavy atom. The van der Waals surface area contributed by atoms with Gasteiger partial charge in [-0.2, -0.15) is 0 Å². The maximum atomic E-state index is 5.51. The van der Waals surface area contributed by atoms with Crippen molar-refractivity contribution in [1.29, 1.82) is 0 Å². The molecular formula is C18H30N2O3. The standard InChI is InChI=1S/C18H30N2O3/c1-13-8-17(21-4)18(22-5)9-16(13)11-19-10-14(2)20-6-7-23-12-15(20)3/h8-9,14-15,19H,6-7,10-12H2,1-5H3/t14-,15-/m1/s1. The van der Waals surface area contributed by atoms with Crippen LogP contribution in [0.2, 0.25) is 0 Å². The van der Waals surface area contributed by atoms with Crippen LogP contribution in [-0.4, -0.2) is 57.5 Å². The third-order valence-electron chi connectivity index (χ3n) is 4.58. The summed E-state index contributed by atoms with van der Waals surface area (Å²) in [5, 5.41) is 3.57. The molecule has 5 nitrogen and oxygen atoms in total. The Kier molecular flexibility index (Phi) is 6.69. The summed E-state index contributed by atoms with van der Waals surface area (Å²) in [6.07, 6.45) is 0. The van der Waals surface area contributed by atoms with E-state index < -0.39 is 0 Å². The fourth-order valence-corrected chi connectivity index (χ4v) is 3.14. The van der Waals surface area contributed by atoms with Crippen LogP contribution in [0.5, 0.6) is 11.5 Å². The van der Waals surface area contributed by atoms with Crippen molar-refractivity contribution in [2.45, 2.75) is 39.4 Å². The number of hydrogen-bond donors (Lipinski definition) is 1. The smallest absolute Gasteiger partial charge is 0.161 e. The second-order valence-corrected chi connectivity index (χ2v) is 6.28. The number of ether oxygens (including phenoxy) is 3. The highest BCUT2D eigenvalue weighted by molar-refractivity contribution is 5.46. The Bertz CT molecular complexity index is 507. The Balaban J connectivity index is 1.90. The second kappa shape index (κ2) is 8.52. The quantitative estimate of drug-likeness (QED) is 0.834. The molecular weight excluding hydrogens is 292 g/mol. The van der Waals surface area contributed by atoms with Crippen LogP contribution in [0.15, 0.2) is 12.1 Å². The summed E-state index contributed by atoms with van der Waals surface area (Å²) in [6.45, 7) is 11.1. The zero-order chi connectivity index (χ0) is 16.8. The minimum atomic E-state index is 0.489. The minimum absolute atomic E-state index is 0.489. The number of methoxy groups -OCH3 is 2. The molecule has 0 saturated carbocycles. The van der Waals surface area contributed by atoms with E-state index in [1.54, 1.807) is 14.2 Å². The van der Waals surface area contributed by atoms with Gasteiger partial charge < -0.3 is 19.5 Å². The van der Waals surface area contributed by atoms with E-state index in [1.807, 2.05) is 6.07 Å². The van der Waals surface area contributed by atoms with E-state index in [2.05, 4.69) is 37.1 Å². The van der Waals surface area contributed by atoms with Crippen LogP contribution in [0.3, 0.4) is 0 Å². The fraction of sp³-hybridized carbons (Fsp3) is 0.667. The van der Waals surface area contributed by atoms with Crippen molar-refractivity contribution in [3.63, 3.8) is 0 Å². The van der Waals surface area contributed by atoms with Crippen molar-refractivity contribution in [2.75, 3.05) is 40.5 Å². The highest BCUT2D eigenvalue weighted by Crippen LogP contribution is 2.30. The first-order valence-electron chi connectivity index (χ1n) is 8.32. The Hall–Kier alpha value is -1.30. The van der Waals surface area contributed by atoms with Crippen LogP contribution >= 0.6 is 0 Å². The zero-order valence-electron chi connectivity index (χ0n) is 15.0. The predicted octanol–water partition coefficient (Wildman–Crippen LogP) is 2.21. The van der Waals surface area contributed by atoms with Crippen molar-refractivity contribution in [3.05, 3.63) is 23.3 Å². The third kappa shape index (κ3) is 4.59. The number of nitrogens with one attached hydrogen (secondary N) is 1. The molecule has 0 spiro atoms. The van der Waals surface area contributed by atoms with E-state index in [-0.39, 0.29) is 0 Å². The molecule has 1 fully saturated rings. The highest BCUT2D eigenvalue weighted by atomic mass is 16.5. The molecule has 1 saturated heterocycles. The topological polar surface area (TPSA) is 43.0 Å². The monoisotopic (exact) mass is 322 g/mol. The summed E-state index contributed by atoms with van der Waals surface area (Å²) in [5.41, 5.74) is 2.45. The van der Waals surface area contributed by atoms with Gasteiger partial charge >= 0.3 is 0 Å². The largest absolute Gasteiger partial charge is 0.493 e. The van der Waals surface area contributed by atoms with Crippen LogP contribution in [0.1, 0.15) is 25.0 Å². The lowest BCUT2D eigenvalue weighted by Crippen LogP contribution is -2.51. The average molecular weight is 322 g/mol. The molecule has 2 atom stereocenters. The van der Waals surface area contributed by atoms with Gasteiger partial charge in [0, 0.05) is 31.7 Å². The van der Waals surface area contributed by atoms with Gasteiger partial charge in [0.1, 0.15) is 0 Å². The van der Waals surface area contributed by atoms with Gasteiger partial charge in [0.25, 0.3) is 0 Å². The summed E-state index contributed by atoms with van der Waals surface area (Å²) in [4.78, 5) is 2.51. The lowest BCUT2D eigenvalue weighted by Gasteiger charge is -2.38. The summed E-state index contributed by atoms with van der Waals surface area (Å²) < 4.78 is 16.2. The fourth-order valence-electron chi connectivity index (χ4n) is 3.14. The molecule has 1 aromatic rings. The van der Waals surface area contributed by atoms with Gasteiger partial charge in [-0.05, 0) is 44.0 Å². The summed E-state index contributed by atoms with van der Waals surface area (Å²) in [5.74, 6) is 1.56. The highest BCUT2D eigenvalue weighted by Gasteiger charge is 2.23. The third-order valence-corrected chi connectivity index (χ3v) is 4.58. The van der Waals surface area contributed by atoms with Crippen molar-refractivity contribution >= 4 is 0 Å². The molecule has 1 N–H and O–H groups in total. The number of rotatable bonds is 7. The van der Waals surface area contributed by atoms with Gasteiger partial charge in [0.05, 0.1) is 27.4 Å². The molecule has 0 radical (unpaired) electrons. The molecule has 1 aliphatic heterocycles. The zero-order valence-corrected chi connectivity index (χ0v) is 15.0. The van der Waals surface area contributed by atoms with Crippen molar-refractivity contribution in [2.24, 2.45) is 0 Å². The SMILES string of the molecule is COc1cc(C)c(CNC[C@@H](C)N2CCOC[C@H]2C)cc1OC. The number of benzene rings is 1. The van der Waals surface area contributed by atoms with Crippen LogP contribution in [-0.2, 0) is 11.3 Å². The molecule has 0 unspecified atom stereocenters. The lowest BCUT2D eigenvalue weighted by molar-refractivity contribution is -0.0181. The van der Waals surface area contributed by atoms with Gasteiger partial charge in [-0.15, -0.1) is 0 Å². The van der Waals surface area contributed by atoms with Crippen LogP contribution in [0.4, 0.5) is 0 Å². The number of nitrogens with zero attached hydrogens (tertiary/aromatic N) is 1. The second-order valence-electron chi connectivity index (χ2n) is 6.28. The molecule has 130 valence electrons. The van der Waals surface area contributed by atoms with E-state index in [0.29, 0.717) is 12.1 Å². The van der Waals surface area contributed by atoms with Crippen molar-refractivity contribution in [3.8, 4) is 11.5 Å². The van der Waals surface area contributed by atoms with Crippen molar-refractivity contribution < 1.29 is 14.2 Å². The lowest BCUT2D eigenvalue weighted by atomic mass is 10.1. The molecule has 0 bridgehead atoms. The van der Waals surface area contributed by atoms with Gasteiger partial charge in [-0.3, -0.25) is 4.90 Å². The van der Waals surface area contributed by atoms with Crippen molar-refractivity contribution in [1.82, 2.24) is 10.2 Å². The molecule has 2 rings (SSSR count). The van der Waals surface area contributed by atoms with E-state index >= 15 is 0 Å². The maximum Gasteiger partial charge on any atom is 0.161 e. The number of morpholine rings is 1. The first-order chi connectivity index (χ1) is 11.1. The van der Waals surface area contributed by atoms with E-state index in [9.17, 15) is 0 Å². The van der Waals surface area contributed by atoms with E-state index in [4.69, 9.17) is 14.2 Å². The van der Waals surface area contributed by atoms with E-state index in [0.717, 1.165) is 44.3 Å². The Morgan fingerprint density at radius 2 is 2.00 bits per heavy atom. The summed E-state index contributed by atoms with van der Waals surface area (Å²) in [7, 11) is 3.34. The Morgan fingerprint density at radius 1 is 1.30 bits per heavy atom. The molecule has 1 aromatic carbocycles. The van der Waals surface area contributed by atoms with Crippen LogP contribution in [0.25, 0.3) is 0 Å². The molecule has 5 heteroatoms. The van der Waals surface area contributed by atoms with Crippen LogP contribution < -0.4 is 14.8 Å². The molecule has 23 heavy (non-hydrogen) atoms. The number of hydrogen-bond acceptors (Lipinski definition) is 5. The minimum Gasteiger partial charge on any atom is -0.493 e. The maximum absolute atomic E-state index is 5.51. The van der Waals surface area contributed by atoms with Crippen LogP contribution in [0, 0.1) is 6.92 Å². The molecule has 0 amide bonds. The molecule has 0 aliphatic carbocycles. The van der Waals surface area contributed by atoms with Gasteiger partial charge in [0.2, 0.25) is 0 Å². The molecule has 1 heterocycles. The first-order valence-corrected chi connectivity index (χ1v) is 8.32. The van der Waals surface area contributed by atoms with Gasteiger partial charge in [-0.25, -0.2) is 0 Å². The molecule has 0 aromatic heterocycles. The number of aryl methyl sites for hydroxylation is 1. The first kappa shape index (κ1) is 18.0. The van der Waals surface area contributed by atoms with E-state index in [1.165, 1.54) is 11.1 Å². The average Bonchev–Trinajstić information content (AvgIpc) is 2.56. The normalized spacial score (nSPS) is 20.3. The Labute approximate surface area is 139 Å². The predicted molar refractivity (Wildman–Crippen MR) is 92.4 cm³/mol.